The highest BCUT2D eigenvalue weighted by molar-refractivity contribution is 7.93. The molecule has 0 fully saturated rings. The van der Waals surface area contributed by atoms with Gasteiger partial charge in [0.25, 0.3) is 0 Å². The molecule has 2 N–H and O–H groups in total. The van der Waals surface area contributed by atoms with Gasteiger partial charge in [-0.05, 0) is 12.2 Å². The summed E-state index contributed by atoms with van der Waals surface area (Å²) in [6, 6.07) is -1.45. The number of rotatable bonds is 6. The summed E-state index contributed by atoms with van der Waals surface area (Å²) in [6.07, 6.45) is 3.59. The van der Waals surface area contributed by atoms with Crippen molar-refractivity contribution in [1.29, 1.82) is 0 Å². The number of esters is 1. The molecule has 0 saturated heterocycles. The minimum atomic E-state index is -4.26. The van der Waals surface area contributed by atoms with E-state index in [0.29, 0.717) is 0 Å². The molecule has 2 amide bonds. The maximum absolute atomic E-state index is 12.4. The van der Waals surface area contributed by atoms with Crippen molar-refractivity contribution in [3.05, 3.63) is 23.8 Å². The van der Waals surface area contributed by atoms with Crippen LogP contribution < -0.4 is 19.5 Å². The molecule has 1 aromatic heterocycles. The number of hydrogen-bond acceptors (Lipinski definition) is 11. The largest absolute Gasteiger partial charge is 0.467 e. The standard InChI is InChI=1S/C14H15N5O7S2/c1-24-10(20)7-4-5-9(8(27)6-7)28(22,23)19-12(21)15-11-16-13(25-2)18-14(17-11)26-3/h4-6,9H,1-3H3,(H2,15,16,17,18,19,21). The molecule has 1 aliphatic rings. The van der Waals surface area contributed by atoms with E-state index in [2.05, 4.69) is 25.0 Å². The summed E-state index contributed by atoms with van der Waals surface area (Å²) in [5.41, 5.74) is 0.0905. The number of sulfonamides is 1. The summed E-state index contributed by atoms with van der Waals surface area (Å²) in [6.45, 7) is 0. The van der Waals surface area contributed by atoms with E-state index in [9.17, 15) is 18.0 Å². The lowest BCUT2D eigenvalue weighted by Crippen LogP contribution is -2.43. The van der Waals surface area contributed by atoms with Gasteiger partial charge in [-0.15, -0.1) is 4.98 Å². The number of nitrogens with one attached hydrogen (secondary N) is 2. The molecule has 1 aliphatic carbocycles. The smallest absolute Gasteiger partial charge is 0.337 e. The second-order valence-electron chi connectivity index (χ2n) is 5.01. The van der Waals surface area contributed by atoms with Gasteiger partial charge in [-0.2, -0.15) is 9.97 Å². The van der Waals surface area contributed by atoms with Gasteiger partial charge in [0.1, 0.15) is 5.25 Å². The van der Waals surface area contributed by atoms with Crippen molar-refractivity contribution in [1.82, 2.24) is 19.7 Å². The molecule has 0 saturated carbocycles. The zero-order valence-electron chi connectivity index (χ0n) is 14.8. The summed E-state index contributed by atoms with van der Waals surface area (Å²) in [5.74, 6) is -0.969. The SMILES string of the molecule is COC(=O)C1=CC(=S)C(S(=O)(=O)NC(=O)Nc2nc(OC)nc(OC)n2)C=C1. The van der Waals surface area contributed by atoms with Crippen molar-refractivity contribution in [3.63, 3.8) is 0 Å². The fourth-order valence-corrected chi connectivity index (χ4v) is 3.65. The first kappa shape index (κ1) is 21.2. The molecule has 0 spiro atoms. The van der Waals surface area contributed by atoms with Gasteiger partial charge in [-0.25, -0.2) is 22.7 Å². The van der Waals surface area contributed by atoms with Crippen LogP contribution in [0.15, 0.2) is 23.8 Å². The molecule has 0 radical (unpaired) electrons. The number of carbonyl (C=O) groups is 2. The maximum atomic E-state index is 12.4. The second kappa shape index (κ2) is 8.71. The van der Waals surface area contributed by atoms with Gasteiger partial charge in [-0.1, -0.05) is 18.3 Å². The first-order chi connectivity index (χ1) is 13.2. The molecule has 14 heteroatoms. The van der Waals surface area contributed by atoms with Crippen LogP contribution in [0.1, 0.15) is 0 Å². The Bertz CT molecular complexity index is 952. The van der Waals surface area contributed by atoms with E-state index < -0.39 is 27.3 Å². The average Bonchev–Trinajstić information content (AvgIpc) is 2.65. The number of amides is 2. The molecule has 12 nitrogen and oxygen atoms in total. The maximum Gasteiger partial charge on any atom is 0.337 e. The normalized spacial score (nSPS) is 16.0. The molecule has 1 unspecified atom stereocenters. The third kappa shape index (κ3) is 4.98. The number of anilines is 1. The van der Waals surface area contributed by atoms with E-state index in [4.69, 9.17) is 21.7 Å². The van der Waals surface area contributed by atoms with Crippen molar-refractivity contribution in [2.75, 3.05) is 26.6 Å². The second-order valence-corrected chi connectivity index (χ2v) is 7.28. The Labute approximate surface area is 165 Å². The number of aromatic nitrogens is 3. The van der Waals surface area contributed by atoms with Crippen molar-refractivity contribution in [2.24, 2.45) is 0 Å². The van der Waals surface area contributed by atoms with Crippen LogP contribution in [0.5, 0.6) is 12.0 Å². The van der Waals surface area contributed by atoms with Crippen LogP contribution in [0.3, 0.4) is 0 Å². The third-order valence-electron chi connectivity index (χ3n) is 3.20. The summed E-state index contributed by atoms with van der Waals surface area (Å²) < 4.78 is 40.8. The summed E-state index contributed by atoms with van der Waals surface area (Å²) >= 11 is 5.02. The molecular formula is C14H15N5O7S2. The van der Waals surface area contributed by atoms with Gasteiger partial charge in [-0.3, -0.25) is 5.32 Å². The lowest BCUT2D eigenvalue weighted by Gasteiger charge is -2.17. The molecule has 28 heavy (non-hydrogen) atoms. The number of ether oxygens (including phenoxy) is 3. The Kier molecular flexibility index (Phi) is 6.58. The van der Waals surface area contributed by atoms with Gasteiger partial charge < -0.3 is 14.2 Å². The molecule has 0 aliphatic heterocycles. The van der Waals surface area contributed by atoms with Crippen molar-refractivity contribution in [3.8, 4) is 12.0 Å². The number of hydrogen-bond donors (Lipinski definition) is 2. The van der Waals surface area contributed by atoms with E-state index in [-0.39, 0.29) is 28.4 Å². The highest BCUT2D eigenvalue weighted by Gasteiger charge is 2.31. The topological polar surface area (TPSA) is 159 Å². The number of methoxy groups -OCH3 is 3. The zero-order chi connectivity index (χ0) is 20.9. The quantitative estimate of drug-likeness (QED) is 0.453. The van der Waals surface area contributed by atoms with Crippen LogP contribution in [-0.4, -0.2) is 66.8 Å². The number of nitrogens with zero attached hydrogens (tertiary/aromatic N) is 3. The Hall–Kier alpha value is -3.13. The zero-order valence-corrected chi connectivity index (χ0v) is 16.5. The Balaban J connectivity index is 2.12. The van der Waals surface area contributed by atoms with E-state index >= 15 is 0 Å². The number of urea groups is 1. The average molecular weight is 429 g/mol. The Morgan fingerprint density at radius 1 is 1.11 bits per heavy atom. The van der Waals surface area contributed by atoms with Crippen LogP contribution in [0, 0.1) is 0 Å². The van der Waals surface area contributed by atoms with Crippen LogP contribution >= 0.6 is 12.2 Å². The van der Waals surface area contributed by atoms with Crippen LogP contribution in [0.2, 0.25) is 0 Å². The van der Waals surface area contributed by atoms with Crippen LogP contribution in [-0.2, 0) is 19.6 Å². The number of carbonyl (C=O) groups excluding carboxylic acids is 2. The third-order valence-corrected chi connectivity index (χ3v) is 5.27. The molecule has 1 atom stereocenters. The predicted octanol–water partition coefficient (Wildman–Crippen LogP) is -0.252. The molecular weight excluding hydrogens is 414 g/mol. The van der Waals surface area contributed by atoms with Crippen molar-refractivity contribution < 1.29 is 32.2 Å². The lowest BCUT2D eigenvalue weighted by molar-refractivity contribution is -0.135. The van der Waals surface area contributed by atoms with Crippen LogP contribution in [0.25, 0.3) is 0 Å². The van der Waals surface area contributed by atoms with Crippen molar-refractivity contribution in [2.45, 2.75) is 5.25 Å². The molecule has 2 rings (SSSR count). The Morgan fingerprint density at radius 2 is 1.71 bits per heavy atom. The molecule has 0 aromatic carbocycles. The van der Waals surface area contributed by atoms with Gasteiger partial charge >= 0.3 is 24.0 Å². The van der Waals surface area contributed by atoms with Crippen LogP contribution in [0.4, 0.5) is 10.7 Å². The minimum absolute atomic E-state index is 0.0905. The van der Waals surface area contributed by atoms with Gasteiger partial charge in [0, 0.05) is 4.86 Å². The molecule has 1 heterocycles. The molecule has 0 bridgehead atoms. The first-order valence-corrected chi connectivity index (χ1v) is 9.34. The summed E-state index contributed by atoms with van der Waals surface area (Å²) in [5, 5.41) is 0.786. The predicted molar refractivity (Wildman–Crippen MR) is 99.6 cm³/mol. The highest BCUT2D eigenvalue weighted by atomic mass is 32.2. The lowest BCUT2D eigenvalue weighted by atomic mass is 10.1. The van der Waals surface area contributed by atoms with Gasteiger partial charge in [0.05, 0.1) is 26.9 Å². The summed E-state index contributed by atoms with van der Waals surface area (Å²) in [4.78, 5) is 34.7. The Morgan fingerprint density at radius 3 is 2.21 bits per heavy atom. The number of thiocarbonyl (C=S) groups is 1. The van der Waals surface area contributed by atoms with E-state index in [1.165, 1.54) is 39.6 Å². The molecule has 1 aromatic rings. The minimum Gasteiger partial charge on any atom is -0.467 e. The van der Waals surface area contributed by atoms with Gasteiger partial charge in [0.2, 0.25) is 16.0 Å². The monoisotopic (exact) mass is 429 g/mol. The number of allylic oxidation sites excluding steroid dienone is 1. The first-order valence-electron chi connectivity index (χ1n) is 7.39. The highest BCUT2D eigenvalue weighted by Crippen LogP contribution is 2.17. The van der Waals surface area contributed by atoms with E-state index in [0.717, 1.165) is 0 Å². The van der Waals surface area contributed by atoms with Crippen molar-refractivity contribution >= 4 is 45.1 Å². The van der Waals surface area contributed by atoms with Gasteiger partial charge in [0.15, 0.2) is 0 Å². The fourth-order valence-electron chi connectivity index (χ4n) is 1.97. The van der Waals surface area contributed by atoms with E-state index in [1.807, 2.05) is 0 Å². The summed E-state index contributed by atoms with van der Waals surface area (Å²) in [7, 11) is -0.505. The van der Waals surface area contributed by atoms with E-state index in [1.54, 1.807) is 4.72 Å². The fraction of sp³-hybridized carbons (Fsp3) is 0.286. The molecule has 150 valence electrons.